The average molecular weight is 462 g/mol. The zero-order valence-corrected chi connectivity index (χ0v) is 19.5. The van der Waals surface area contributed by atoms with E-state index in [9.17, 15) is 13.2 Å². The molecule has 0 aliphatic carbocycles. The Hall–Kier alpha value is -1.74. The van der Waals surface area contributed by atoms with E-state index in [1.165, 1.54) is 40.5 Å². The molecule has 4 rings (SSSR count). The van der Waals surface area contributed by atoms with Crippen molar-refractivity contribution < 1.29 is 13.2 Å². The van der Waals surface area contributed by atoms with E-state index in [1.807, 2.05) is 6.07 Å². The summed E-state index contributed by atoms with van der Waals surface area (Å²) in [5.74, 6) is -0.368. The number of hydrogen-bond donors (Lipinski definition) is 1. The maximum absolute atomic E-state index is 12.8. The Morgan fingerprint density at radius 2 is 1.84 bits per heavy atom. The molecule has 0 saturated carbocycles. The van der Waals surface area contributed by atoms with Crippen LogP contribution in [0.3, 0.4) is 0 Å². The molecule has 2 fully saturated rings. The standard InChI is InChI=1S/C23H31N3O3S2/c27-23(21-9-5-13-26(18-21)31(28,29)22-10-6-14-30-22)24-16-19-7-4-8-20(15-19)17-25-11-2-1-3-12-25/h4,6-8,10,14-15,21H,1-3,5,9,11-13,16-18H2,(H,24,27). The van der Waals surface area contributed by atoms with Gasteiger partial charge in [0, 0.05) is 26.2 Å². The molecule has 2 aliphatic heterocycles. The van der Waals surface area contributed by atoms with Crippen molar-refractivity contribution >= 4 is 27.3 Å². The fraction of sp³-hybridized carbons (Fsp3) is 0.522. The van der Waals surface area contributed by atoms with Crippen LogP contribution in [0.1, 0.15) is 43.2 Å². The highest BCUT2D eigenvalue weighted by Crippen LogP contribution is 2.26. The predicted molar refractivity (Wildman–Crippen MR) is 123 cm³/mol. The third-order valence-corrected chi connectivity index (χ3v) is 9.40. The lowest BCUT2D eigenvalue weighted by atomic mass is 9.98. The molecular formula is C23H31N3O3S2. The molecule has 0 radical (unpaired) electrons. The lowest BCUT2D eigenvalue weighted by molar-refractivity contribution is -0.126. The fourth-order valence-corrected chi connectivity index (χ4v) is 7.13. The minimum atomic E-state index is -3.50. The van der Waals surface area contributed by atoms with Gasteiger partial charge in [0.2, 0.25) is 5.91 Å². The first-order valence-electron chi connectivity index (χ1n) is 11.1. The number of rotatable bonds is 7. The van der Waals surface area contributed by atoms with Gasteiger partial charge in [-0.15, -0.1) is 11.3 Å². The third-order valence-electron chi connectivity index (χ3n) is 6.16. The Kier molecular flexibility index (Phi) is 7.43. The lowest BCUT2D eigenvalue weighted by Crippen LogP contribution is -2.45. The van der Waals surface area contributed by atoms with Crippen LogP contribution in [0.15, 0.2) is 46.0 Å². The summed E-state index contributed by atoms with van der Waals surface area (Å²) in [5.41, 5.74) is 2.36. The minimum Gasteiger partial charge on any atom is -0.352 e. The molecule has 1 N–H and O–H groups in total. The molecule has 1 amide bonds. The van der Waals surface area contributed by atoms with Crippen molar-refractivity contribution in [3.8, 4) is 0 Å². The quantitative estimate of drug-likeness (QED) is 0.686. The maximum Gasteiger partial charge on any atom is 0.252 e. The molecule has 1 atom stereocenters. The summed E-state index contributed by atoms with van der Waals surface area (Å²) in [6.45, 7) is 4.48. The summed E-state index contributed by atoms with van der Waals surface area (Å²) < 4.78 is 27.4. The van der Waals surface area contributed by atoms with E-state index in [4.69, 9.17) is 0 Å². The summed E-state index contributed by atoms with van der Waals surface area (Å²) in [5, 5.41) is 4.80. The maximum atomic E-state index is 12.8. The highest BCUT2D eigenvalue weighted by molar-refractivity contribution is 7.91. The third kappa shape index (κ3) is 5.74. The van der Waals surface area contributed by atoms with Crippen molar-refractivity contribution in [3.63, 3.8) is 0 Å². The number of nitrogens with one attached hydrogen (secondary N) is 1. The second-order valence-corrected chi connectivity index (χ2v) is 11.6. The predicted octanol–water partition coefficient (Wildman–Crippen LogP) is 3.45. The first kappa shape index (κ1) is 22.5. The number of carbonyl (C=O) groups excluding carboxylic acids is 1. The summed E-state index contributed by atoms with van der Waals surface area (Å²) in [6, 6.07) is 11.8. The Morgan fingerprint density at radius 3 is 2.61 bits per heavy atom. The number of amides is 1. The van der Waals surface area contributed by atoms with Gasteiger partial charge in [-0.3, -0.25) is 9.69 Å². The molecule has 0 bridgehead atoms. The number of thiophene rings is 1. The molecule has 0 spiro atoms. The van der Waals surface area contributed by atoms with Gasteiger partial charge in [-0.05, 0) is 61.3 Å². The monoisotopic (exact) mass is 461 g/mol. The van der Waals surface area contributed by atoms with Gasteiger partial charge in [-0.1, -0.05) is 36.8 Å². The Bertz CT molecular complexity index is 970. The zero-order chi connectivity index (χ0) is 21.7. The SMILES string of the molecule is O=C(NCc1cccc(CN2CCCCC2)c1)C1CCCN(S(=O)(=O)c2cccs2)C1. The Morgan fingerprint density at radius 1 is 1.03 bits per heavy atom. The van der Waals surface area contributed by atoms with Gasteiger partial charge < -0.3 is 5.32 Å². The molecule has 2 aliphatic rings. The van der Waals surface area contributed by atoms with Crippen molar-refractivity contribution in [2.45, 2.75) is 49.4 Å². The van der Waals surface area contributed by atoms with E-state index < -0.39 is 10.0 Å². The van der Waals surface area contributed by atoms with Gasteiger partial charge in [0.15, 0.2) is 0 Å². The summed E-state index contributed by atoms with van der Waals surface area (Å²) >= 11 is 1.22. The highest BCUT2D eigenvalue weighted by Gasteiger charge is 2.33. The van der Waals surface area contributed by atoms with Gasteiger partial charge >= 0.3 is 0 Å². The van der Waals surface area contributed by atoms with Gasteiger partial charge in [-0.25, -0.2) is 8.42 Å². The fourth-order valence-electron chi connectivity index (χ4n) is 4.46. The van der Waals surface area contributed by atoms with E-state index in [0.717, 1.165) is 31.6 Å². The van der Waals surface area contributed by atoms with Crippen LogP contribution in [0.4, 0.5) is 0 Å². The van der Waals surface area contributed by atoms with Gasteiger partial charge in [-0.2, -0.15) is 4.31 Å². The number of likely N-dealkylation sites (tertiary alicyclic amines) is 1. The molecule has 3 heterocycles. The number of benzene rings is 1. The van der Waals surface area contributed by atoms with Gasteiger partial charge in [0.1, 0.15) is 4.21 Å². The van der Waals surface area contributed by atoms with Crippen molar-refractivity contribution in [3.05, 3.63) is 52.9 Å². The molecular weight excluding hydrogens is 430 g/mol. The second kappa shape index (κ2) is 10.3. The van der Waals surface area contributed by atoms with Crippen molar-refractivity contribution in [1.82, 2.24) is 14.5 Å². The van der Waals surface area contributed by atoms with E-state index >= 15 is 0 Å². The highest BCUT2D eigenvalue weighted by atomic mass is 32.2. The first-order chi connectivity index (χ1) is 15.0. The molecule has 168 valence electrons. The van der Waals surface area contributed by atoms with Crippen LogP contribution in [0, 0.1) is 5.92 Å². The normalized spacial score (nSPS) is 21.1. The summed E-state index contributed by atoms with van der Waals surface area (Å²) in [4.78, 5) is 15.3. The average Bonchev–Trinajstić information content (AvgIpc) is 3.35. The molecule has 1 aromatic heterocycles. The lowest BCUT2D eigenvalue weighted by Gasteiger charge is -2.30. The topological polar surface area (TPSA) is 69.7 Å². The van der Waals surface area contributed by atoms with Crippen LogP contribution in [0.2, 0.25) is 0 Å². The smallest absolute Gasteiger partial charge is 0.252 e. The number of piperidine rings is 2. The second-order valence-electron chi connectivity index (χ2n) is 8.51. The van der Waals surface area contributed by atoms with Gasteiger partial charge in [0.05, 0.1) is 5.92 Å². The van der Waals surface area contributed by atoms with Crippen LogP contribution in [0.5, 0.6) is 0 Å². The van der Waals surface area contributed by atoms with Crippen molar-refractivity contribution in [2.24, 2.45) is 5.92 Å². The van der Waals surface area contributed by atoms with Crippen LogP contribution in [0.25, 0.3) is 0 Å². The van der Waals surface area contributed by atoms with E-state index in [0.29, 0.717) is 23.7 Å². The minimum absolute atomic E-state index is 0.0625. The molecule has 1 unspecified atom stereocenters. The zero-order valence-electron chi connectivity index (χ0n) is 17.8. The van der Waals surface area contributed by atoms with Crippen LogP contribution in [-0.4, -0.2) is 49.7 Å². The van der Waals surface area contributed by atoms with E-state index in [2.05, 4.69) is 28.4 Å². The van der Waals surface area contributed by atoms with E-state index in [-0.39, 0.29) is 18.4 Å². The van der Waals surface area contributed by atoms with Crippen LogP contribution in [-0.2, 0) is 27.9 Å². The first-order valence-corrected chi connectivity index (χ1v) is 13.5. The van der Waals surface area contributed by atoms with Crippen LogP contribution < -0.4 is 5.32 Å². The Balaban J connectivity index is 1.32. The number of carbonyl (C=O) groups is 1. The molecule has 2 aromatic rings. The summed E-state index contributed by atoms with van der Waals surface area (Å²) in [7, 11) is -3.50. The number of nitrogens with zero attached hydrogens (tertiary/aromatic N) is 2. The van der Waals surface area contributed by atoms with Crippen molar-refractivity contribution in [2.75, 3.05) is 26.2 Å². The van der Waals surface area contributed by atoms with Crippen LogP contribution >= 0.6 is 11.3 Å². The summed E-state index contributed by atoms with van der Waals surface area (Å²) in [6.07, 6.45) is 5.30. The van der Waals surface area contributed by atoms with E-state index in [1.54, 1.807) is 17.5 Å². The Labute approximate surface area is 189 Å². The number of hydrogen-bond acceptors (Lipinski definition) is 5. The molecule has 2 saturated heterocycles. The molecule has 1 aromatic carbocycles. The largest absolute Gasteiger partial charge is 0.352 e. The molecule has 8 heteroatoms. The number of sulfonamides is 1. The molecule has 6 nitrogen and oxygen atoms in total. The van der Waals surface area contributed by atoms with Gasteiger partial charge in [0.25, 0.3) is 10.0 Å². The molecule has 31 heavy (non-hydrogen) atoms. The van der Waals surface area contributed by atoms with Crippen molar-refractivity contribution in [1.29, 1.82) is 0 Å².